The molecule has 2 aliphatic rings. The molecular formula is C70H39N3O3. The van der Waals surface area contributed by atoms with Crippen molar-refractivity contribution in [2.75, 3.05) is 0 Å². The Morgan fingerprint density at radius 3 is 1.17 bits per heavy atom. The molecule has 4 heterocycles. The van der Waals surface area contributed by atoms with Gasteiger partial charge in [-0.3, -0.25) is 0 Å². The number of para-hydroxylation sites is 2. The van der Waals surface area contributed by atoms with Gasteiger partial charge in [-0.2, -0.15) is 0 Å². The highest BCUT2D eigenvalue weighted by molar-refractivity contribution is 6.15. The zero-order valence-corrected chi connectivity index (χ0v) is 40.6. The fraction of sp³-hybridized carbons (Fsp3) is 0.0143. The largest absolute Gasteiger partial charge is 0.456 e. The van der Waals surface area contributed by atoms with E-state index in [9.17, 15) is 0 Å². The van der Waals surface area contributed by atoms with E-state index in [1.165, 1.54) is 50.1 Å². The summed E-state index contributed by atoms with van der Waals surface area (Å²) in [7, 11) is 0. The van der Waals surface area contributed by atoms with Crippen molar-refractivity contribution < 1.29 is 13.3 Å². The first-order chi connectivity index (χ1) is 37.7. The smallest absolute Gasteiger partial charge is 0.164 e. The number of aromatic nitrogens is 3. The Bertz CT molecular complexity index is 4780. The maximum Gasteiger partial charge on any atom is 0.164 e. The molecule has 6 heteroatoms. The molecule has 0 amide bonds. The summed E-state index contributed by atoms with van der Waals surface area (Å²) in [5.41, 5.74) is 21.7. The number of hydrogen-bond donors (Lipinski definition) is 0. The van der Waals surface area contributed by atoms with E-state index >= 15 is 0 Å². The van der Waals surface area contributed by atoms with Crippen molar-refractivity contribution in [1.82, 2.24) is 15.0 Å². The highest BCUT2D eigenvalue weighted by atomic mass is 16.3. The zero-order chi connectivity index (χ0) is 49.6. The van der Waals surface area contributed by atoms with Gasteiger partial charge in [0.15, 0.2) is 17.5 Å². The minimum Gasteiger partial charge on any atom is -0.456 e. The van der Waals surface area contributed by atoms with Crippen molar-refractivity contribution in [3.63, 3.8) is 0 Å². The number of furan rings is 3. The van der Waals surface area contributed by atoms with Crippen LogP contribution in [0.25, 0.3) is 144 Å². The minimum atomic E-state index is -0.469. The number of fused-ring (bicyclic) bond motifs is 19. The van der Waals surface area contributed by atoms with E-state index in [2.05, 4.69) is 164 Å². The zero-order valence-electron chi connectivity index (χ0n) is 40.6. The summed E-state index contributed by atoms with van der Waals surface area (Å²) in [6, 6.07) is 84.0. The molecule has 0 bridgehead atoms. The summed E-state index contributed by atoms with van der Waals surface area (Å²) < 4.78 is 19.5. The second-order valence-corrected chi connectivity index (χ2v) is 20.0. The molecule has 1 spiro atoms. The summed E-state index contributed by atoms with van der Waals surface area (Å²) in [5, 5.41) is 5.79. The molecule has 0 N–H and O–H groups in total. The van der Waals surface area contributed by atoms with Crippen LogP contribution in [-0.2, 0) is 5.41 Å². The predicted octanol–water partition coefficient (Wildman–Crippen LogP) is 18.2. The first-order valence-electron chi connectivity index (χ1n) is 25.7. The molecule has 4 aromatic heterocycles. The molecule has 15 aromatic rings. The quantitative estimate of drug-likeness (QED) is 0.171. The molecule has 0 saturated carbocycles. The molecule has 2 aliphatic carbocycles. The van der Waals surface area contributed by atoms with E-state index in [0.717, 1.165) is 99.2 Å². The molecule has 0 radical (unpaired) electrons. The summed E-state index contributed by atoms with van der Waals surface area (Å²) in [6.07, 6.45) is 0. The van der Waals surface area contributed by atoms with E-state index < -0.39 is 5.41 Å². The van der Waals surface area contributed by atoms with Crippen LogP contribution >= 0.6 is 0 Å². The third-order valence-electron chi connectivity index (χ3n) is 16.2. The van der Waals surface area contributed by atoms with E-state index in [-0.39, 0.29) is 0 Å². The first kappa shape index (κ1) is 41.3. The van der Waals surface area contributed by atoms with Crippen molar-refractivity contribution in [3.05, 3.63) is 259 Å². The highest BCUT2D eigenvalue weighted by Crippen LogP contribution is 2.64. The molecule has 0 unspecified atom stereocenters. The van der Waals surface area contributed by atoms with E-state index in [0.29, 0.717) is 17.5 Å². The van der Waals surface area contributed by atoms with E-state index in [4.69, 9.17) is 28.2 Å². The van der Waals surface area contributed by atoms with Crippen LogP contribution in [0.2, 0.25) is 0 Å². The second-order valence-electron chi connectivity index (χ2n) is 20.0. The Labute approximate surface area is 434 Å². The normalized spacial score (nSPS) is 13.1. The van der Waals surface area contributed by atoms with Crippen LogP contribution in [0.1, 0.15) is 22.3 Å². The van der Waals surface area contributed by atoms with Crippen molar-refractivity contribution in [2.24, 2.45) is 0 Å². The standard InChI is InChI=1S/C70H39N3O3/c1-6-28-54-44(18-1)45-19-2-7-29-55(45)70(54)56-30-8-3-20-46(56)47-24-12-23-43(66(47)70)42-17-11-16-40(38-42)41-36-37-59-53(39-41)65-52(27-15-35-62(65)76-59)69-72-67(50-25-13-33-60-63(50)48-21-4-9-31-57(48)74-60)71-68(73-69)51-26-14-34-61-64(51)49-22-5-10-32-58(49)75-61/h1-39H. The van der Waals surface area contributed by atoms with Crippen LogP contribution < -0.4 is 0 Å². The molecule has 17 rings (SSSR count). The Balaban J connectivity index is 0.857. The van der Waals surface area contributed by atoms with Gasteiger partial charge in [0, 0.05) is 49.0 Å². The van der Waals surface area contributed by atoms with Crippen LogP contribution in [0.5, 0.6) is 0 Å². The predicted molar refractivity (Wildman–Crippen MR) is 305 cm³/mol. The first-order valence-corrected chi connectivity index (χ1v) is 25.7. The SMILES string of the molecule is c1cc(-c2ccc3oc4cccc(-c5nc(-c6cccc7oc8ccccc8c67)nc(-c6cccc7oc8ccccc8c67)n5)c4c3c2)cc(-c2cccc3c2C2(c4ccccc4-c4ccccc42)c2ccccc2-3)c1. The Hall–Kier alpha value is -10.2. The van der Waals surface area contributed by atoms with Crippen molar-refractivity contribution in [3.8, 4) is 78.7 Å². The average molecular weight is 970 g/mol. The molecule has 352 valence electrons. The molecule has 76 heavy (non-hydrogen) atoms. The van der Waals surface area contributed by atoms with Crippen molar-refractivity contribution in [1.29, 1.82) is 0 Å². The molecule has 0 saturated heterocycles. The molecule has 0 aliphatic heterocycles. The number of nitrogens with zero attached hydrogens (tertiary/aromatic N) is 3. The fourth-order valence-corrected chi connectivity index (χ4v) is 13.1. The third kappa shape index (κ3) is 5.62. The van der Waals surface area contributed by atoms with Gasteiger partial charge in [-0.1, -0.05) is 188 Å². The van der Waals surface area contributed by atoms with Crippen LogP contribution in [0.3, 0.4) is 0 Å². The van der Waals surface area contributed by atoms with Crippen LogP contribution in [0.15, 0.2) is 250 Å². The van der Waals surface area contributed by atoms with Gasteiger partial charge < -0.3 is 13.3 Å². The molecule has 0 fully saturated rings. The van der Waals surface area contributed by atoms with Gasteiger partial charge in [-0.05, 0) is 115 Å². The summed E-state index contributed by atoms with van der Waals surface area (Å²) in [4.78, 5) is 16.1. The number of benzene rings is 11. The lowest BCUT2D eigenvalue weighted by Gasteiger charge is -2.32. The van der Waals surface area contributed by atoms with Crippen molar-refractivity contribution >= 4 is 65.8 Å². The average Bonchev–Trinajstić information content (AvgIpc) is 4.34. The summed E-state index contributed by atoms with van der Waals surface area (Å²) in [5.74, 6) is 1.59. The fourth-order valence-electron chi connectivity index (χ4n) is 13.1. The lowest BCUT2D eigenvalue weighted by Crippen LogP contribution is -2.26. The molecular weight excluding hydrogens is 931 g/mol. The lowest BCUT2D eigenvalue weighted by atomic mass is 9.68. The number of hydrogen-bond acceptors (Lipinski definition) is 6. The van der Waals surface area contributed by atoms with Gasteiger partial charge in [0.25, 0.3) is 0 Å². The number of rotatable bonds is 5. The van der Waals surface area contributed by atoms with Crippen LogP contribution in [0, 0.1) is 0 Å². The summed E-state index contributed by atoms with van der Waals surface area (Å²) in [6.45, 7) is 0. The topological polar surface area (TPSA) is 78.1 Å². The van der Waals surface area contributed by atoms with Gasteiger partial charge >= 0.3 is 0 Å². The third-order valence-corrected chi connectivity index (χ3v) is 16.2. The van der Waals surface area contributed by atoms with Gasteiger partial charge in [-0.25, -0.2) is 15.0 Å². The maximum absolute atomic E-state index is 6.72. The van der Waals surface area contributed by atoms with Crippen molar-refractivity contribution in [2.45, 2.75) is 5.41 Å². The van der Waals surface area contributed by atoms with Gasteiger partial charge in [-0.15, -0.1) is 0 Å². The second kappa shape index (κ2) is 15.4. The highest BCUT2D eigenvalue weighted by Gasteiger charge is 2.52. The van der Waals surface area contributed by atoms with Crippen LogP contribution in [0.4, 0.5) is 0 Å². The Morgan fingerprint density at radius 1 is 0.250 bits per heavy atom. The summed E-state index contributed by atoms with van der Waals surface area (Å²) >= 11 is 0. The monoisotopic (exact) mass is 969 g/mol. The Kier molecular flexibility index (Phi) is 8.39. The minimum absolute atomic E-state index is 0.469. The van der Waals surface area contributed by atoms with Gasteiger partial charge in [0.05, 0.1) is 5.41 Å². The van der Waals surface area contributed by atoms with Gasteiger partial charge in [0.2, 0.25) is 0 Å². The van der Waals surface area contributed by atoms with E-state index in [1.54, 1.807) is 0 Å². The molecule has 6 nitrogen and oxygen atoms in total. The van der Waals surface area contributed by atoms with Crippen LogP contribution in [-0.4, -0.2) is 15.0 Å². The Morgan fingerprint density at radius 2 is 0.618 bits per heavy atom. The lowest BCUT2D eigenvalue weighted by molar-refractivity contribution is 0.668. The molecule has 11 aromatic carbocycles. The molecule has 0 atom stereocenters. The maximum atomic E-state index is 6.72. The van der Waals surface area contributed by atoms with Gasteiger partial charge in [0.1, 0.15) is 33.5 Å². The van der Waals surface area contributed by atoms with E-state index in [1.807, 2.05) is 72.8 Å².